The summed E-state index contributed by atoms with van der Waals surface area (Å²) in [5, 5.41) is 3.13. The first-order chi connectivity index (χ1) is 23.7. The van der Waals surface area contributed by atoms with Gasteiger partial charge in [-0.05, 0) is 101 Å². The first kappa shape index (κ1) is 36.1. The van der Waals surface area contributed by atoms with Crippen molar-refractivity contribution in [3.05, 3.63) is 89.5 Å². The Morgan fingerprint density at radius 2 is 0.588 bits per heavy atom. The minimum Gasteiger partial charge on any atom is -0.270 e. The minimum atomic E-state index is -0.175. The van der Waals surface area contributed by atoms with Crippen LogP contribution in [-0.4, -0.2) is 60.9 Å². The van der Waals surface area contributed by atoms with Crippen molar-refractivity contribution in [1.82, 2.24) is 15.0 Å². The van der Waals surface area contributed by atoms with Crippen LogP contribution in [0.25, 0.3) is 34.2 Å². The molecule has 4 aromatic rings. The lowest BCUT2D eigenvalue weighted by Crippen LogP contribution is -2.36. The zero-order chi connectivity index (χ0) is 36.8. The summed E-state index contributed by atoms with van der Waals surface area (Å²) in [6.07, 6.45) is 0. The van der Waals surface area contributed by atoms with Gasteiger partial charge in [-0.2, -0.15) is 0 Å². The molecule has 9 heteroatoms. The van der Waals surface area contributed by atoms with Gasteiger partial charge in [0, 0.05) is 47.6 Å². The Kier molecular flexibility index (Phi) is 8.59. The molecule has 0 atom stereocenters. The monoisotopic (exact) mass is 732 g/mol. The molecule has 7 rings (SSSR count). The van der Waals surface area contributed by atoms with Gasteiger partial charge in [0.05, 0.1) is 31.7 Å². The van der Waals surface area contributed by atoms with Gasteiger partial charge in [0.25, 0.3) is 0 Å². The summed E-state index contributed by atoms with van der Waals surface area (Å²) in [7, 11) is 0. The molecular formula is C42H48N6S3. The van der Waals surface area contributed by atoms with Crippen LogP contribution in [0.5, 0.6) is 0 Å². The van der Waals surface area contributed by atoms with E-state index in [4.69, 9.17) is 29.9 Å². The van der Waals surface area contributed by atoms with Crippen molar-refractivity contribution in [2.75, 3.05) is 0 Å². The summed E-state index contributed by atoms with van der Waals surface area (Å²) >= 11 is 5.49. The Labute approximate surface area is 316 Å². The molecular weight excluding hydrogens is 685 g/mol. The number of thioether (sulfide) groups is 3. The van der Waals surface area contributed by atoms with E-state index in [9.17, 15) is 0 Å². The third-order valence-corrected chi connectivity index (χ3v) is 15.9. The number of aromatic nitrogens is 3. The smallest absolute Gasteiger partial charge is 0.164 e. The molecule has 0 radical (unpaired) electrons. The Hall–Kier alpha value is -3.27. The standard InChI is InChI=1S/C42H48N6S3/c1-37(2)40(7,8)49-34(46-37)28-19-13-16-25(22-28)31-43-32(26-17-14-20-29(23-26)35-47-38(3,4)41(9,10)50-35)45-33(44-31)27-18-15-21-30(24-27)36-48-39(5,6)42(11,12)51-36/h13-24H,1-12H3. The van der Waals surface area contributed by atoms with E-state index in [0.29, 0.717) is 17.5 Å². The maximum Gasteiger partial charge on any atom is 0.164 e. The SMILES string of the molecule is CC1(C)N=C(c2cccc(-c3nc(-c4cccc(C5=NC(C)(C)C(C)(C)S5)c4)nc(-c4cccc(C5=NC(C)(C)C(C)(C)S5)c4)n3)c2)SC1(C)C. The first-order valence-corrected chi connectivity index (χ1v) is 20.1. The summed E-state index contributed by atoms with van der Waals surface area (Å²) in [5.74, 6) is 1.87. The maximum absolute atomic E-state index is 5.14. The number of hydrogen-bond acceptors (Lipinski definition) is 9. The van der Waals surface area contributed by atoms with Crippen molar-refractivity contribution < 1.29 is 0 Å². The molecule has 0 bridgehead atoms. The Balaban J connectivity index is 1.35. The van der Waals surface area contributed by atoms with Gasteiger partial charge in [-0.1, -0.05) is 89.9 Å². The molecule has 0 N–H and O–H groups in total. The van der Waals surface area contributed by atoms with Crippen molar-refractivity contribution in [1.29, 1.82) is 0 Å². The maximum atomic E-state index is 5.14. The van der Waals surface area contributed by atoms with Crippen LogP contribution in [0.2, 0.25) is 0 Å². The minimum absolute atomic E-state index is 0.0134. The lowest BCUT2D eigenvalue weighted by molar-refractivity contribution is 0.426. The molecule has 0 saturated heterocycles. The second-order valence-corrected chi connectivity index (χ2v) is 21.6. The van der Waals surface area contributed by atoms with Crippen LogP contribution in [0.15, 0.2) is 87.8 Å². The van der Waals surface area contributed by atoms with Crippen LogP contribution in [0.3, 0.4) is 0 Å². The van der Waals surface area contributed by atoms with E-state index in [2.05, 4.69) is 156 Å². The van der Waals surface area contributed by atoms with Gasteiger partial charge in [-0.25, -0.2) is 15.0 Å². The van der Waals surface area contributed by atoms with E-state index in [-0.39, 0.29) is 30.9 Å². The van der Waals surface area contributed by atoms with E-state index >= 15 is 0 Å². The summed E-state index contributed by atoms with van der Waals surface area (Å²) in [5.41, 5.74) is 5.48. The fourth-order valence-electron chi connectivity index (χ4n) is 5.84. The number of aliphatic imine (C=N–C) groups is 3. The molecule has 3 aliphatic rings. The number of benzene rings is 3. The highest BCUT2D eigenvalue weighted by Gasteiger charge is 2.46. The summed E-state index contributed by atoms with van der Waals surface area (Å²) < 4.78 is -0.0401. The van der Waals surface area contributed by atoms with Crippen LogP contribution in [0.4, 0.5) is 0 Å². The Bertz CT molecular complexity index is 1900. The molecule has 0 aliphatic carbocycles. The second kappa shape index (κ2) is 12.1. The average Bonchev–Trinajstić information content (AvgIpc) is 3.54. The van der Waals surface area contributed by atoms with E-state index in [1.165, 1.54) is 0 Å². The number of rotatable bonds is 6. The molecule has 3 aliphatic heterocycles. The van der Waals surface area contributed by atoms with Crippen LogP contribution < -0.4 is 0 Å². The molecule has 6 nitrogen and oxygen atoms in total. The van der Waals surface area contributed by atoms with Crippen molar-refractivity contribution in [2.45, 2.75) is 114 Å². The lowest BCUT2D eigenvalue weighted by atomic mass is 9.91. The highest BCUT2D eigenvalue weighted by molar-refractivity contribution is 8.16. The van der Waals surface area contributed by atoms with Gasteiger partial charge in [-0.15, -0.1) is 0 Å². The quantitative estimate of drug-likeness (QED) is 0.196. The van der Waals surface area contributed by atoms with Gasteiger partial charge < -0.3 is 0 Å². The van der Waals surface area contributed by atoms with Gasteiger partial charge in [0.2, 0.25) is 0 Å². The molecule has 0 amide bonds. The number of nitrogens with zero attached hydrogens (tertiary/aromatic N) is 6. The zero-order valence-corrected chi connectivity index (χ0v) is 34.3. The summed E-state index contributed by atoms with van der Waals surface area (Å²) in [6, 6.07) is 25.4. The molecule has 0 spiro atoms. The molecule has 51 heavy (non-hydrogen) atoms. The topological polar surface area (TPSA) is 75.8 Å². The van der Waals surface area contributed by atoms with Crippen molar-refractivity contribution in [2.24, 2.45) is 15.0 Å². The molecule has 0 fully saturated rings. The zero-order valence-electron chi connectivity index (χ0n) is 31.8. The van der Waals surface area contributed by atoms with Crippen LogP contribution in [-0.2, 0) is 0 Å². The highest BCUT2D eigenvalue weighted by atomic mass is 32.2. The van der Waals surface area contributed by atoms with Crippen molar-refractivity contribution in [3.63, 3.8) is 0 Å². The van der Waals surface area contributed by atoms with Crippen LogP contribution in [0.1, 0.15) is 99.8 Å². The Morgan fingerprint density at radius 3 is 0.804 bits per heavy atom. The van der Waals surface area contributed by atoms with E-state index in [0.717, 1.165) is 48.5 Å². The fourth-order valence-corrected chi connectivity index (χ4v) is 9.73. The van der Waals surface area contributed by atoms with Gasteiger partial charge in [0.15, 0.2) is 17.5 Å². The predicted molar refractivity (Wildman–Crippen MR) is 223 cm³/mol. The largest absolute Gasteiger partial charge is 0.270 e. The molecule has 0 saturated carbocycles. The molecule has 0 unspecified atom stereocenters. The lowest BCUT2D eigenvalue weighted by Gasteiger charge is -2.30. The van der Waals surface area contributed by atoms with E-state index in [1.807, 2.05) is 35.3 Å². The molecule has 3 aromatic carbocycles. The van der Waals surface area contributed by atoms with E-state index < -0.39 is 0 Å². The first-order valence-electron chi connectivity index (χ1n) is 17.6. The van der Waals surface area contributed by atoms with Gasteiger partial charge in [-0.3, -0.25) is 15.0 Å². The molecule has 264 valence electrons. The van der Waals surface area contributed by atoms with Crippen LogP contribution in [0, 0.1) is 0 Å². The predicted octanol–water partition coefficient (Wildman–Crippen LogP) is 11.0. The van der Waals surface area contributed by atoms with Gasteiger partial charge >= 0.3 is 0 Å². The van der Waals surface area contributed by atoms with Crippen LogP contribution >= 0.6 is 35.3 Å². The third kappa shape index (κ3) is 6.52. The van der Waals surface area contributed by atoms with E-state index in [1.54, 1.807) is 0 Å². The molecule has 4 heterocycles. The highest BCUT2D eigenvalue weighted by Crippen LogP contribution is 2.49. The third-order valence-electron chi connectivity index (χ3n) is 11.4. The fraction of sp³-hybridized carbons (Fsp3) is 0.429. The Morgan fingerprint density at radius 1 is 0.353 bits per heavy atom. The van der Waals surface area contributed by atoms with Crippen molar-refractivity contribution >= 4 is 50.4 Å². The summed E-state index contributed by atoms with van der Waals surface area (Å²) in [4.78, 5) is 30.9. The number of hydrogen-bond donors (Lipinski definition) is 0. The second-order valence-electron chi connectivity index (χ2n) is 16.8. The normalized spacial score (nSPS) is 22.0. The van der Waals surface area contributed by atoms with Crippen molar-refractivity contribution in [3.8, 4) is 34.2 Å². The average molecular weight is 733 g/mol. The van der Waals surface area contributed by atoms with Gasteiger partial charge in [0.1, 0.15) is 0 Å². The molecule has 1 aromatic heterocycles. The summed E-state index contributed by atoms with van der Waals surface area (Å²) in [6.45, 7) is 26.8.